The van der Waals surface area contributed by atoms with Crippen LogP contribution in [0.3, 0.4) is 0 Å². The van der Waals surface area contributed by atoms with Gasteiger partial charge in [-0.25, -0.2) is 0 Å². The summed E-state index contributed by atoms with van der Waals surface area (Å²) in [7, 11) is 0. The monoisotopic (exact) mass is 319 g/mol. The molecule has 0 radical (unpaired) electrons. The van der Waals surface area contributed by atoms with Gasteiger partial charge in [-0.1, -0.05) is 34.1 Å². The van der Waals surface area contributed by atoms with E-state index in [0.29, 0.717) is 5.65 Å². The molecule has 2 heterocycles. The highest BCUT2D eigenvalue weighted by Crippen LogP contribution is 2.31. The largest absolute Gasteiger partial charge is 0.493 e. The number of hydrogen-bond acceptors (Lipinski definition) is 3. The Morgan fingerprint density at radius 3 is 2.79 bits per heavy atom. The molecular weight excluding hydrogens is 310 g/mol. The lowest BCUT2D eigenvalue weighted by atomic mass is 10.1. The van der Waals surface area contributed by atoms with Crippen molar-refractivity contribution in [2.45, 2.75) is 6.92 Å². The van der Waals surface area contributed by atoms with Gasteiger partial charge in [0.05, 0.1) is 11.8 Å². The maximum Gasteiger partial charge on any atom is 0.257 e. The first-order chi connectivity index (χ1) is 9.09. The molecule has 2 N–H and O–H groups in total. The minimum absolute atomic E-state index is 0.142. The molecule has 0 aliphatic heterocycles. The first-order valence-corrected chi connectivity index (χ1v) is 6.43. The molecular formula is C13H10BrN3O2. The van der Waals surface area contributed by atoms with Crippen molar-refractivity contribution >= 4 is 21.6 Å². The van der Waals surface area contributed by atoms with Crippen LogP contribution in [0.5, 0.6) is 5.88 Å². The van der Waals surface area contributed by atoms with Crippen molar-refractivity contribution in [3.63, 3.8) is 0 Å². The smallest absolute Gasteiger partial charge is 0.257 e. The van der Waals surface area contributed by atoms with Crippen molar-refractivity contribution in [2.75, 3.05) is 0 Å². The lowest BCUT2D eigenvalue weighted by molar-refractivity contribution is 0.429. The number of aromatic nitrogens is 3. The van der Waals surface area contributed by atoms with E-state index in [9.17, 15) is 9.90 Å². The Morgan fingerprint density at radius 2 is 2.05 bits per heavy atom. The van der Waals surface area contributed by atoms with Crippen LogP contribution in [0, 0.1) is 6.92 Å². The van der Waals surface area contributed by atoms with Crippen LogP contribution in [0.25, 0.3) is 16.8 Å². The van der Waals surface area contributed by atoms with Crippen LogP contribution in [0.1, 0.15) is 5.56 Å². The van der Waals surface area contributed by atoms with E-state index in [-0.39, 0.29) is 17.0 Å². The van der Waals surface area contributed by atoms with E-state index in [1.54, 1.807) is 13.1 Å². The standard InChI is InChI=1S/C13H10BrN3O2/c1-7-12(18)16-11-9(6-15-17(11)13(7)19)8-4-2-3-5-10(8)14/h2-6,19H,1H3,(H,16,18). The lowest BCUT2D eigenvalue weighted by Crippen LogP contribution is -2.12. The molecule has 0 atom stereocenters. The molecule has 0 unspecified atom stereocenters. The highest BCUT2D eigenvalue weighted by atomic mass is 79.9. The number of nitrogens with zero attached hydrogens (tertiary/aromatic N) is 2. The number of H-pyrrole nitrogens is 1. The molecule has 2 aromatic heterocycles. The molecule has 19 heavy (non-hydrogen) atoms. The van der Waals surface area contributed by atoms with E-state index in [0.717, 1.165) is 15.6 Å². The molecule has 0 spiro atoms. The molecule has 96 valence electrons. The topological polar surface area (TPSA) is 70.4 Å². The van der Waals surface area contributed by atoms with Gasteiger partial charge in [0.15, 0.2) is 0 Å². The van der Waals surface area contributed by atoms with Crippen LogP contribution < -0.4 is 5.56 Å². The number of benzene rings is 1. The number of halogens is 1. The summed E-state index contributed by atoms with van der Waals surface area (Å²) in [6.45, 7) is 1.55. The number of hydrogen-bond donors (Lipinski definition) is 2. The second-order valence-corrected chi connectivity index (χ2v) is 5.06. The Kier molecular flexibility index (Phi) is 2.67. The third-order valence-corrected chi connectivity index (χ3v) is 3.73. The zero-order chi connectivity index (χ0) is 13.6. The van der Waals surface area contributed by atoms with Crippen LogP contribution >= 0.6 is 15.9 Å². The number of aromatic amines is 1. The van der Waals surface area contributed by atoms with Gasteiger partial charge in [0, 0.05) is 15.6 Å². The number of fused-ring (bicyclic) bond motifs is 1. The second-order valence-electron chi connectivity index (χ2n) is 4.20. The van der Waals surface area contributed by atoms with Crippen LogP contribution in [0.2, 0.25) is 0 Å². The summed E-state index contributed by atoms with van der Waals surface area (Å²) in [5, 5.41) is 14.1. The Bertz CT molecular complexity index is 836. The Morgan fingerprint density at radius 1 is 1.32 bits per heavy atom. The Labute approximate surface area is 116 Å². The molecule has 0 aliphatic carbocycles. The van der Waals surface area contributed by atoms with Crippen molar-refractivity contribution in [1.29, 1.82) is 0 Å². The summed E-state index contributed by atoms with van der Waals surface area (Å²) < 4.78 is 2.22. The summed E-state index contributed by atoms with van der Waals surface area (Å²) in [5.41, 5.74) is 2.05. The Hall–Kier alpha value is -2.08. The zero-order valence-electron chi connectivity index (χ0n) is 10.0. The minimum atomic E-state index is -0.321. The van der Waals surface area contributed by atoms with Gasteiger partial charge >= 0.3 is 0 Å². The van der Waals surface area contributed by atoms with Gasteiger partial charge in [-0.3, -0.25) is 4.79 Å². The highest BCUT2D eigenvalue weighted by molar-refractivity contribution is 9.10. The summed E-state index contributed by atoms with van der Waals surface area (Å²) in [5.74, 6) is -0.142. The molecule has 0 bridgehead atoms. The van der Waals surface area contributed by atoms with Crippen molar-refractivity contribution in [1.82, 2.24) is 14.6 Å². The molecule has 0 amide bonds. The van der Waals surface area contributed by atoms with Gasteiger partial charge in [-0.15, -0.1) is 0 Å². The van der Waals surface area contributed by atoms with Crippen LogP contribution in [-0.4, -0.2) is 19.7 Å². The van der Waals surface area contributed by atoms with Gasteiger partial charge in [0.25, 0.3) is 5.56 Å². The van der Waals surface area contributed by atoms with Crippen LogP contribution in [0.15, 0.2) is 39.7 Å². The molecule has 0 saturated carbocycles. The molecule has 3 aromatic rings. The van der Waals surface area contributed by atoms with E-state index >= 15 is 0 Å². The summed E-state index contributed by atoms with van der Waals surface area (Å²) in [4.78, 5) is 14.5. The molecule has 0 fully saturated rings. The minimum Gasteiger partial charge on any atom is -0.493 e. The van der Waals surface area contributed by atoms with E-state index < -0.39 is 0 Å². The first kappa shape index (κ1) is 12.0. The van der Waals surface area contributed by atoms with E-state index in [1.807, 2.05) is 24.3 Å². The van der Waals surface area contributed by atoms with E-state index in [2.05, 4.69) is 26.0 Å². The quantitative estimate of drug-likeness (QED) is 0.723. The van der Waals surface area contributed by atoms with Gasteiger partial charge in [-0.2, -0.15) is 9.61 Å². The fourth-order valence-corrected chi connectivity index (χ4v) is 2.47. The van der Waals surface area contributed by atoms with Gasteiger partial charge in [-0.05, 0) is 13.0 Å². The number of nitrogens with one attached hydrogen (secondary N) is 1. The van der Waals surface area contributed by atoms with Crippen LogP contribution in [0.4, 0.5) is 0 Å². The molecule has 0 saturated heterocycles. The molecule has 1 aromatic carbocycles. The fourth-order valence-electron chi connectivity index (χ4n) is 1.97. The zero-order valence-corrected chi connectivity index (χ0v) is 11.6. The Balaban J connectivity index is 2.39. The molecule has 0 aliphatic rings. The normalized spacial score (nSPS) is 11.1. The SMILES string of the molecule is Cc1c(O)n2ncc(-c3ccccc3Br)c2[nH]c1=O. The van der Waals surface area contributed by atoms with E-state index in [1.165, 1.54) is 4.52 Å². The molecule has 5 nitrogen and oxygen atoms in total. The van der Waals surface area contributed by atoms with Crippen molar-refractivity contribution in [3.8, 4) is 17.0 Å². The predicted molar refractivity (Wildman–Crippen MR) is 75.4 cm³/mol. The third kappa shape index (κ3) is 1.76. The van der Waals surface area contributed by atoms with Crippen molar-refractivity contribution in [3.05, 3.63) is 50.9 Å². The highest BCUT2D eigenvalue weighted by Gasteiger charge is 2.14. The summed E-state index contributed by atoms with van der Waals surface area (Å²) >= 11 is 3.46. The maximum atomic E-state index is 11.8. The first-order valence-electron chi connectivity index (χ1n) is 5.64. The van der Waals surface area contributed by atoms with Crippen LogP contribution in [-0.2, 0) is 0 Å². The van der Waals surface area contributed by atoms with Crippen molar-refractivity contribution < 1.29 is 5.11 Å². The molecule has 3 rings (SSSR count). The second kappa shape index (κ2) is 4.24. The van der Waals surface area contributed by atoms with Gasteiger partial charge < -0.3 is 10.1 Å². The number of rotatable bonds is 1. The van der Waals surface area contributed by atoms with Gasteiger partial charge in [0.2, 0.25) is 5.88 Å². The maximum absolute atomic E-state index is 11.8. The number of aromatic hydroxyl groups is 1. The average Bonchev–Trinajstić information content (AvgIpc) is 2.80. The summed E-state index contributed by atoms with van der Waals surface area (Å²) in [6, 6.07) is 7.63. The predicted octanol–water partition coefficient (Wildman–Crippen LogP) is 2.47. The fraction of sp³-hybridized carbons (Fsp3) is 0.0769. The summed E-state index contributed by atoms with van der Waals surface area (Å²) in [6.07, 6.45) is 1.62. The van der Waals surface area contributed by atoms with Gasteiger partial charge in [0.1, 0.15) is 5.65 Å². The third-order valence-electron chi connectivity index (χ3n) is 3.04. The molecule has 6 heteroatoms. The van der Waals surface area contributed by atoms with E-state index in [4.69, 9.17) is 0 Å². The average molecular weight is 320 g/mol. The lowest BCUT2D eigenvalue weighted by Gasteiger charge is -2.04. The van der Waals surface area contributed by atoms with Crippen molar-refractivity contribution in [2.24, 2.45) is 0 Å².